The SMILES string of the molecule is CCc1cccc(C2=CC3CCCC(C2)N3C(=O)OC(C)(C)C)c1. The van der Waals surface area contributed by atoms with Crippen LogP contribution in [0, 0.1) is 0 Å². The summed E-state index contributed by atoms with van der Waals surface area (Å²) in [6.45, 7) is 7.99. The number of rotatable bonds is 2. The van der Waals surface area contributed by atoms with Crippen molar-refractivity contribution in [1.29, 1.82) is 0 Å². The van der Waals surface area contributed by atoms with Gasteiger partial charge in [-0.15, -0.1) is 0 Å². The van der Waals surface area contributed by atoms with Gasteiger partial charge in [0.15, 0.2) is 0 Å². The van der Waals surface area contributed by atoms with Crippen LogP contribution >= 0.6 is 0 Å². The van der Waals surface area contributed by atoms with Crippen LogP contribution in [0.3, 0.4) is 0 Å². The molecule has 1 aromatic carbocycles. The molecule has 24 heavy (non-hydrogen) atoms. The zero-order valence-corrected chi connectivity index (χ0v) is 15.3. The van der Waals surface area contributed by atoms with E-state index >= 15 is 0 Å². The Morgan fingerprint density at radius 1 is 1.29 bits per heavy atom. The highest BCUT2D eigenvalue weighted by Crippen LogP contribution is 2.38. The molecule has 0 aliphatic carbocycles. The molecule has 2 aliphatic rings. The fraction of sp³-hybridized carbons (Fsp3) is 0.571. The van der Waals surface area contributed by atoms with E-state index in [1.807, 2.05) is 25.7 Å². The van der Waals surface area contributed by atoms with Gasteiger partial charge in [-0.3, -0.25) is 4.90 Å². The van der Waals surface area contributed by atoms with Crippen molar-refractivity contribution in [2.24, 2.45) is 0 Å². The summed E-state index contributed by atoms with van der Waals surface area (Å²) >= 11 is 0. The van der Waals surface area contributed by atoms with Crippen LogP contribution in [0.5, 0.6) is 0 Å². The molecule has 0 radical (unpaired) electrons. The Balaban J connectivity index is 1.85. The first-order valence-corrected chi connectivity index (χ1v) is 9.18. The Labute approximate surface area is 145 Å². The third kappa shape index (κ3) is 3.66. The number of carbonyl (C=O) groups is 1. The first kappa shape index (κ1) is 17.1. The number of benzene rings is 1. The minimum atomic E-state index is -0.440. The lowest BCUT2D eigenvalue weighted by atomic mass is 9.83. The highest BCUT2D eigenvalue weighted by molar-refractivity contribution is 5.75. The Hall–Kier alpha value is -1.77. The van der Waals surface area contributed by atoms with Gasteiger partial charge in [0, 0.05) is 6.04 Å². The van der Waals surface area contributed by atoms with Crippen molar-refractivity contribution < 1.29 is 9.53 Å². The smallest absolute Gasteiger partial charge is 0.411 e. The summed E-state index contributed by atoms with van der Waals surface area (Å²) in [4.78, 5) is 14.6. The molecule has 130 valence electrons. The summed E-state index contributed by atoms with van der Waals surface area (Å²) in [6.07, 6.45) is 7.42. The second-order valence-corrected chi connectivity index (χ2v) is 7.99. The molecular formula is C21H29NO2. The third-order valence-electron chi connectivity index (χ3n) is 4.95. The van der Waals surface area contributed by atoms with E-state index in [-0.39, 0.29) is 18.2 Å². The van der Waals surface area contributed by atoms with Crippen LogP contribution in [0.25, 0.3) is 5.57 Å². The van der Waals surface area contributed by atoms with Crippen molar-refractivity contribution in [2.75, 3.05) is 0 Å². The molecule has 0 aromatic heterocycles. The van der Waals surface area contributed by atoms with E-state index in [1.54, 1.807) is 0 Å². The van der Waals surface area contributed by atoms with Gasteiger partial charge in [0.25, 0.3) is 0 Å². The maximum absolute atomic E-state index is 12.6. The molecular weight excluding hydrogens is 298 g/mol. The minimum Gasteiger partial charge on any atom is -0.444 e. The van der Waals surface area contributed by atoms with Gasteiger partial charge in [-0.2, -0.15) is 0 Å². The molecule has 2 atom stereocenters. The highest BCUT2D eigenvalue weighted by Gasteiger charge is 2.39. The summed E-state index contributed by atoms with van der Waals surface area (Å²) in [5.41, 5.74) is 3.63. The van der Waals surface area contributed by atoms with Gasteiger partial charge in [-0.05, 0) is 69.6 Å². The zero-order chi connectivity index (χ0) is 17.3. The highest BCUT2D eigenvalue weighted by atomic mass is 16.6. The van der Waals surface area contributed by atoms with Gasteiger partial charge >= 0.3 is 6.09 Å². The van der Waals surface area contributed by atoms with E-state index < -0.39 is 5.60 Å². The first-order valence-electron chi connectivity index (χ1n) is 9.18. The molecule has 2 unspecified atom stereocenters. The summed E-state index contributed by atoms with van der Waals surface area (Å²) in [7, 11) is 0. The molecule has 0 N–H and O–H groups in total. The maximum atomic E-state index is 12.6. The molecule has 1 saturated heterocycles. The topological polar surface area (TPSA) is 29.5 Å². The molecule has 0 spiro atoms. The van der Waals surface area contributed by atoms with Crippen molar-refractivity contribution in [1.82, 2.24) is 4.90 Å². The lowest BCUT2D eigenvalue weighted by Gasteiger charge is -2.45. The number of nitrogens with zero attached hydrogens (tertiary/aromatic N) is 1. The number of fused-ring (bicyclic) bond motifs is 2. The molecule has 3 rings (SSSR count). The molecule has 1 fully saturated rings. The Morgan fingerprint density at radius 2 is 2.08 bits per heavy atom. The average Bonchev–Trinajstić information content (AvgIpc) is 2.52. The normalized spacial score (nSPS) is 23.7. The van der Waals surface area contributed by atoms with Crippen molar-refractivity contribution in [3.8, 4) is 0 Å². The molecule has 2 aliphatic heterocycles. The number of carbonyl (C=O) groups excluding carboxylic acids is 1. The second kappa shape index (κ2) is 6.62. The maximum Gasteiger partial charge on any atom is 0.411 e. The Bertz CT molecular complexity index is 641. The van der Waals surface area contributed by atoms with Crippen molar-refractivity contribution in [3.05, 3.63) is 41.5 Å². The third-order valence-corrected chi connectivity index (χ3v) is 4.95. The van der Waals surface area contributed by atoms with Gasteiger partial charge < -0.3 is 4.74 Å². The lowest BCUT2D eigenvalue weighted by molar-refractivity contribution is 0.0000854. The van der Waals surface area contributed by atoms with E-state index in [0.29, 0.717) is 0 Å². The lowest BCUT2D eigenvalue weighted by Crippen LogP contribution is -2.53. The average molecular weight is 327 g/mol. The molecule has 2 bridgehead atoms. The van der Waals surface area contributed by atoms with E-state index in [0.717, 1.165) is 25.7 Å². The second-order valence-electron chi connectivity index (χ2n) is 7.99. The van der Waals surface area contributed by atoms with Crippen LogP contribution in [0.2, 0.25) is 0 Å². The van der Waals surface area contributed by atoms with Gasteiger partial charge in [-0.1, -0.05) is 37.3 Å². The fourth-order valence-electron chi connectivity index (χ4n) is 3.83. The van der Waals surface area contributed by atoms with E-state index in [2.05, 4.69) is 37.3 Å². The largest absolute Gasteiger partial charge is 0.444 e. The summed E-state index contributed by atoms with van der Waals surface area (Å²) in [6, 6.07) is 9.26. The molecule has 3 nitrogen and oxygen atoms in total. The predicted octanol–water partition coefficient (Wildman–Crippen LogP) is 5.19. The number of hydrogen-bond acceptors (Lipinski definition) is 2. The molecule has 2 heterocycles. The predicted molar refractivity (Wildman–Crippen MR) is 97.9 cm³/mol. The standard InChI is InChI=1S/C21H29NO2/c1-5-15-8-6-9-16(12-15)17-13-18-10-7-11-19(14-17)22(18)20(23)24-21(2,3)4/h6,8-9,12-13,18-19H,5,7,10-11,14H2,1-4H3. The molecule has 1 aromatic rings. The van der Waals surface area contributed by atoms with E-state index in [1.165, 1.54) is 23.1 Å². The van der Waals surface area contributed by atoms with Crippen molar-refractivity contribution >= 4 is 11.7 Å². The van der Waals surface area contributed by atoms with Crippen LogP contribution in [-0.2, 0) is 11.2 Å². The van der Waals surface area contributed by atoms with Crippen LogP contribution in [-0.4, -0.2) is 28.7 Å². The van der Waals surface area contributed by atoms with Crippen LogP contribution in [0.4, 0.5) is 4.79 Å². The van der Waals surface area contributed by atoms with E-state index in [9.17, 15) is 4.79 Å². The fourth-order valence-corrected chi connectivity index (χ4v) is 3.83. The number of hydrogen-bond donors (Lipinski definition) is 0. The molecule has 0 saturated carbocycles. The van der Waals surface area contributed by atoms with Crippen LogP contribution in [0.1, 0.15) is 64.5 Å². The Kier molecular flexibility index (Phi) is 4.71. The zero-order valence-electron chi connectivity index (χ0n) is 15.3. The van der Waals surface area contributed by atoms with Crippen LogP contribution < -0.4 is 0 Å². The first-order chi connectivity index (χ1) is 11.4. The van der Waals surface area contributed by atoms with Crippen LogP contribution in [0.15, 0.2) is 30.3 Å². The van der Waals surface area contributed by atoms with Gasteiger partial charge in [-0.25, -0.2) is 4.79 Å². The number of piperidine rings is 1. The number of aryl methyl sites for hydroxylation is 1. The van der Waals surface area contributed by atoms with Crippen molar-refractivity contribution in [3.63, 3.8) is 0 Å². The number of ether oxygens (including phenoxy) is 1. The van der Waals surface area contributed by atoms with Gasteiger partial charge in [0.1, 0.15) is 5.60 Å². The monoisotopic (exact) mass is 327 g/mol. The van der Waals surface area contributed by atoms with Gasteiger partial charge in [0.05, 0.1) is 6.04 Å². The van der Waals surface area contributed by atoms with Crippen molar-refractivity contribution in [2.45, 2.75) is 77.5 Å². The summed E-state index contributed by atoms with van der Waals surface area (Å²) in [5.74, 6) is 0. The summed E-state index contributed by atoms with van der Waals surface area (Å²) in [5, 5.41) is 0. The minimum absolute atomic E-state index is 0.158. The van der Waals surface area contributed by atoms with E-state index in [4.69, 9.17) is 4.74 Å². The van der Waals surface area contributed by atoms with Gasteiger partial charge in [0.2, 0.25) is 0 Å². The Morgan fingerprint density at radius 3 is 2.75 bits per heavy atom. The number of amides is 1. The molecule has 3 heteroatoms. The quantitative estimate of drug-likeness (QED) is 0.747. The molecule has 1 amide bonds. The summed E-state index contributed by atoms with van der Waals surface area (Å²) < 4.78 is 5.65.